The summed E-state index contributed by atoms with van der Waals surface area (Å²) < 4.78 is 0. The zero-order valence-electron chi connectivity index (χ0n) is 9.47. The van der Waals surface area contributed by atoms with Gasteiger partial charge in [0.2, 0.25) is 0 Å². The molecule has 1 fully saturated rings. The summed E-state index contributed by atoms with van der Waals surface area (Å²) in [5, 5.41) is 13.7. The zero-order valence-corrected chi connectivity index (χ0v) is 9.47. The second-order valence-electron chi connectivity index (χ2n) is 4.08. The normalized spacial score (nSPS) is 20.3. The number of hydrogen-bond donors (Lipinski definition) is 2. The molecule has 1 aromatic heterocycles. The Kier molecular flexibility index (Phi) is 3.10. The molecule has 1 amide bonds. The molecule has 1 aromatic rings. The maximum absolute atomic E-state index is 12.1. The SMILES string of the molecule is CC1CNCCN1C(=O)c1cc([N+](=O)[O-])c[nH]1. The summed E-state index contributed by atoms with van der Waals surface area (Å²) in [6, 6.07) is 1.37. The predicted octanol–water partition coefficient (Wildman–Crippen LogP) is 0.357. The maximum Gasteiger partial charge on any atom is 0.287 e. The Hall–Kier alpha value is -1.89. The lowest BCUT2D eigenvalue weighted by molar-refractivity contribution is -0.384. The van der Waals surface area contributed by atoms with Gasteiger partial charge in [0, 0.05) is 31.7 Å². The summed E-state index contributed by atoms with van der Waals surface area (Å²) in [5.74, 6) is -0.188. The van der Waals surface area contributed by atoms with Crippen LogP contribution >= 0.6 is 0 Å². The van der Waals surface area contributed by atoms with Gasteiger partial charge in [-0.05, 0) is 6.92 Å². The molecule has 7 nitrogen and oxygen atoms in total. The van der Waals surface area contributed by atoms with Gasteiger partial charge in [-0.3, -0.25) is 14.9 Å². The molecule has 0 spiro atoms. The minimum Gasteiger partial charge on any atom is -0.351 e. The number of nitrogens with one attached hydrogen (secondary N) is 2. The third kappa shape index (κ3) is 2.28. The lowest BCUT2D eigenvalue weighted by Gasteiger charge is -2.33. The Labute approximate surface area is 97.9 Å². The molecule has 0 aromatic carbocycles. The molecule has 2 heterocycles. The van der Waals surface area contributed by atoms with Crippen molar-refractivity contribution in [1.82, 2.24) is 15.2 Å². The second kappa shape index (κ2) is 4.54. The molecule has 1 aliphatic heterocycles. The Morgan fingerprint density at radius 3 is 3.00 bits per heavy atom. The number of aromatic amines is 1. The Morgan fingerprint density at radius 2 is 2.41 bits per heavy atom. The van der Waals surface area contributed by atoms with Crippen LogP contribution in [-0.4, -0.2) is 46.4 Å². The second-order valence-corrected chi connectivity index (χ2v) is 4.08. The van der Waals surface area contributed by atoms with E-state index in [9.17, 15) is 14.9 Å². The molecule has 17 heavy (non-hydrogen) atoms. The number of H-pyrrole nitrogens is 1. The average molecular weight is 238 g/mol. The Morgan fingerprint density at radius 1 is 1.65 bits per heavy atom. The summed E-state index contributed by atoms with van der Waals surface area (Å²) in [6.45, 7) is 4.06. The third-order valence-electron chi connectivity index (χ3n) is 2.87. The number of carbonyl (C=O) groups is 1. The third-order valence-corrected chi connectivity index (χ3v) is 2.87. The van der Waals surface area contributed by atoms with E-state index in [2.05, 4.69) is 10.3 Å². The van der Waals surface area contributed by atoms with Crippen molar-refractivity contribution in [1.29, 1.82) is 0 Å². The fraction of sp³-hybridized carbons (Fsp3) is 0.500. The number of rotatable bonds is 2. The van der Waals surface area contributed by atoms with Crippen LogP contribution in [0.4, 0.5) is 5.69 Å². The molecule has 0 aliphatic carbocycles. The molecule has 92 valence electrons. The number of carbonyl (C=O) groups excluding carboxylic acids is 1. The van der Waals surface area contributed by atoms with Crippen LogP contribution in [0.5, 0.6) is 0 Å². The fourth-order valence-electron chi connectivity index (χ4n) is 1.91. The molecule has 1 atom stereocenters. The van der Waals surface area contributed by atoms with E-state index in [0.29, 0.717) is 6.54 Å². The lowest BCUT2D eigenvalue weighted by Crippen LogP contribution is -2.52. The maximum atomic E-state index is 12.1. The van der Waals surface area contributed by atoms with Crippen molar-refractivity contribution < 1.29 is 9.72 Å². The van der Waals surface area contributed by atoms with Crippen molar-refractivity contribution in [2.75, 3.05) is 19.6 Å². The van der Waals surface area contributed by atoms with Crippen LogP contribution in [0.1, 0.15) is 17.4 Å². The molecule has 7 heteroatoms. The van der Waals surface area contributed by atoms with Crippen molar-refractivity contribution in [2.45, 2.75) is 13.0 Å². The van der Waals surface area contributed by atoms with Crippen molar-refractivity contribution in [2.24, 2.45) is 0 Å². The highest BCUT2D eigenvalue weighted by Gasteiger charge is 2.26. The first-order valence-corrected chi connectivity index (χ1v) is 5.44. The van der Waals surface area contributed by atoms with Crippen molar-refractivity contribution in [3.8, 4) is 0 Å². The van der Waals surface area contributed by atoms with E-state index in [0.717, 1.165) is 13.1 Å². The first-order valence-electron chi connectivity index (χ1n) is 5.44. The predicted molar refractivity (Wildman–Crippen MR) is 60.8 cm³/mol. The molecule has 0 bridgehead atoms. The van der Waals surface area contributed by atoms with Crippen LogP contribution in [0, 0.1) is 10.1 Å². The highest BCUT2D eigenvalue weighted by molar-refractivity contribution is 5.93. The van der Waals surface area contributed by atoms with Gasteiger partial charge in [-0.2, -0.15) is 0 Å². The number of aromatic nitrogens is 1. The Bertz CT molecular complexity index is 443. The van der Waals surface area contributed by atoms with E-state index < -0.39 is 4.92 Å². The lowest BCUT2D eigenvalue weighted by atomic mass is 10.2. The van der Waals surface area contributed by atoms with E-state index in [1.165, 1.54) is 12.3 Å². The first-order chi connectivity index (χ1) is 8.09. The molecule has 2 N–H and O–H groups in total. The molecule has 0 radical (unpaired) electrons. The average Bonchev–Trinajstić information content (AvgIpc) is 2.78. The fourth-order valence-corrected chi connectivity index (χ4v) is 1.91. The van der Waals surface area contributed by atoms with Gasteiger partial charge < -0.3 is 15.2 Å². The van der Waals surface area contributed by atoms with E-state index in [4.69, 9.17) is 0 Å². The molecule has 0 saturated carbocycles. The molecule has 1 unspecified atom stereocenters. The topological polar surface area (TPSA) is 91.3 Å². The van der Waals surface area contributed by atoms with Gasteiger partial charge in [-0.25, -0.2) is 0 Å². The quantitative estimate of drug-likeness (QED) is 0.574. The molecular formula is C10H14N4O3. The Balaban J connectivity index is 2.15. The molecule has 2 rings (SSSR count). The first kappa shape index (κ1) is 11.6. The van der Waals surface area contributed by atoms with Gasteiger partial charge >= 0.3 is 0 Å². The van der Waals surface area contributed by atoms with Crippen LogP contribution < -0.4 is 5.32 Å². The summed E-state index contributed by atoms with van der Waals surface area (Å²) in [5.41, 5.74) is 0.182. The van der Waals surface area contributed by atoms with Gasteiger partial charge in [0.05, 0.1) is 11.1 Å². The summed E-state index contributed by atoms with van der Waals surface area (Å²) in [4.78, 5) is 26.5. The number of nitro groups is 1. The van der Waals surface area contributed by atoms with Crippen molar-refractivity contribution in [3.63, 3.8) is 0 Å². The number of nitrogens with zero attached hydrogens (tertiary/aromatic N) is 2. The summed E-state index contributed by atoms with van der Waals surface area (Å²) in [7, 11) is 0. The van der Waals surface area contributed by atoms with E-state index >= 15 is 0 Å². The number of hydrogen-bond acceptors (Lipinski definition) is 4. The zero-order chi connectivity index (χ0) is 12.4. The van der Waals surface area contributed by atoms with Crippen molar-refractivity contribution >= 4 is 11.6 Å². The van der Waals surface area contributed by atoms with Crippen LogP contribution in [0.25, 0.3) is 0 Å². The summed E-state index contributed by atoms with van der Waals surface area (Å²) in [6.07, 6.45) is 1.24. The minimum atomic E-state index is -0.519. The van der Waals surface area contributed by atoms with Gasteiger partial charge in [-0.15, -0.1) is 0 Å². The van der Waals surface area contributed by atoms with Crippen LogP contribution in [-0.2, 0) is 0 Å². The molecule has 1 saturated heterocycles. The minimum absolute atomic E-state index is 0.0869. The smallest absolute Gasteiger partial charge is 0.287 e. The standard InChI is InChI=1S/C10H14N4O3/c1-7-5-11-2-3-13(7)10(15)9-4-8(6-12-9)14(16)17/h4,6-7,11-12H,2-3,5H2,1H3. The van der Waals surface area contributed by atoms with Crippen LogP contribution in [0.3, 0.4) is 0 Å². The monoisotopic (exact) mass is 238 g/mol. The van der Waals surface area contributed by atoms with E-state index in [1.54, 1.807) is 4.90 Å². The largest absolute Gasteiger partial charge is 0.351 e. The molecule has 1 aliphatic rings. The van der Waals surface area contributed by atoms with E-state index in [-0.39, 0.29) is 23.3 Å². The highest BCUT2D eigenvalue weighted by Crippen LogP contribution is 2.15. The van der Waals surface area contributed by atoms with Gasteiger partial charge in [-0.1, -0.05) is 0 Å². The number of piperazine rings is 1. The van der Waals surface area contributed by atoms with Crippen LogP contribution in [0.2, 0.25) is 0 Å². The molecular weight excluding hydrogens is 224 g/mol. The number of amides is 1. The van der Waals surface area contributed by atoms with Gasteiger partial charge in [0.25, 0.3) is 11.6 Å². The summed E-state index contributed by atoms with van der Waals surface area (Å²) >= 11 is 0. The highest BCUT2D eigenvalue weighted by atomic mass is 16.6. The van der Waals surface area contributed by atoms with E-state index in [1.807, 2.05) is 6.92 Å². The van der Waals surface area contributed by atoms with Crippen molar-refractivity contribution in [3.05, 3.63) is 28.1 Å². The van der Waals surface area contributed by atoms with Gasteiger partial charge in [0.1, 0.15) is 5.69 Å². The van der Waals surface area contributed by atoms with Gasteiger partial charge in [0.15, 0.2) is 0 Å². The van der Waals surface area contributed by atoms with Crippen LogP contribution in [0.15, 0.2) is 12.3 Å².